The standard InChI is InChI=1S/C20H27NO/c1-19(2,3)18(14-16-10-6-4-7-11-16)15-20(21,22)17-12-8-5-9-13-17/h4-13,18,22H,14-15,21H2,1-3H3/t18-,20-/m1/s1. The molecule has 3 N–H and O–H groups in total. The SMILES string of the molecule is CC(C)(C)[C@H](Cc1ccccc1)C[C@@](N)(O)c1ccccc1. The molecule has 2 heteroatoms. The Morgan fingerprint density at radius 1 is 0.909 bits per heavy atom. The van der Waals surface area contributed by atoms with E-state index in [1.54, 1.807) is 0 Å². The molecule has 2 aromatic carbocycles. The minimum atomic E-state index is -1.30. The second-order valence-corrected chi connectivity index (χ2v) is 7.25. The molecule has 0 amide bonds. The van der Waals surface area contributed by atoms with Crippen molar-refractivity contribution >= 4 is 0 Å². The van der Waals surface area contributed by atoms with Crippen LogP contribution in [0.1, 0.15) is 38.3 Å². The van der Waals surface area contributed by atoms with E-state index in [0.717, 1.165) is 12.0 Å². The highest BCUT2D eigenvalue weighted by Crippen LogP contribution is 2.36. The molecule has 0 aliphatic heterocycles. The number of hydrogen-bond donors (Lipinski definition) is 2. The van der Waals surface area contributed by atoms with E-state index < -0.39 is 5.72 Å². The smallest absolute Gasteiger partial charge is 0.139 e. The average molecular weight is 297 g/mol. The van der Waals surface area contributed by atoms with Crippen LogP contribution in [-0.2, 0) is 12.1 Å². The van der Waals surface area contributed by atoms with E-state index in [1.807, 2.05) is 36.4 Å². The van der Waals surface area contributed by atoms with Crippen molar-refractivity contribution in [1.82, 2.24) is 0 Å². The number of benzene rings is 2. The average Bonchev–Trinajstić information content (AvgIpc) is 2.47. The molecule has 0 bridgehead atoms. The zero-order chi connectivity index (χ0) is 16.2. The van der Waals surface area contributed by atoms with Gasteiger partial charge >= 0.3 is 0 Å². The van der Waals surface area contributed by atoms with Crippen LogP contribution in [0.4, 0.5) is 0 Å². The number of aliphatic hydroxyl groups is 1. The van der Waals surface area contributed by atoms with E-state index in [0.29, 0.717) is 6.42 Å². The van der Waals surface area contributed by atoms with E-state index in [1.165, 1.54) is 5.56 Å². The molecule has 0 saturated carbocycles. The normalized spacial score (nSPS) is 16.0. The third-order valence-corrected chi connectivity index (χ3v) is 4.38. The maximum atomic E-state index is 10.8. The lowest BCUT2D eigenvalue weighted by atomic mass is 9.72. The first-order valence-electron chi connectivity index (χ1n) is 7.90. The van der Waals surface area contributed by atoms with Crippen molar-refractivity contribution in [1.29, 1.82) is 0 Å². The summed E-state index contributed by atoms with van der Waals surface area (Å²) in [6, 6.07) is 20.0. The Bertz CT molecular complexity index is 570. The number of hydrogen-bond acceptors (Lipinski definition) is 2. The Morgan fingerprint density at radius 2 is 1.41 bits per heavy atom. The highest BCUT2D eigenvalue weighted by molar-refractivity contribution is 5.22. The first kappa shape index (κ1) is 16.7. The van der Waals surface area contributed by atoms with Gasteiger partial charge in [-0.2, -0.15) is 0 Å². The van der Waals surface area contributed by atoms with Crippen molar-refractivity contribution in [3.05, 3.63) is 71.8 Å². The van der Waals surface area contributed by atoms with Crippen LogP contribution in [0.25, 0.3) is 0 Å². The molecule has 118 valence electrons. The van der Waals surface area contributed by atoms with Gasteiger partial charge in [0.15, 0.2) is 0 Å². The fourth-order valence-electron chi connectivity index (χ4n) is 2.80. The molecule has 0 saturated heterocycles. The lowest BCUT2D eigenvalue weighted by Crippen LogP contribution is -2.41. The third kappa shape index (κ3) is 4.43. The molecule has 22 heavy (non-hydrogen) atoms. The molecule has 0 aliphatic rings. The second-order valence-electron chi connectivity index (χ2n) is 7.25. The summed E-state index contributed by atoms with van der Waals surface area (Å²) in [5, 5.41) is 10.8. The van der Waals surface area contributed by atoms with Crippen LogP contribution in [-0.4, -0.2) is 5.11 Å². The van der Waals surface area contributed by atoms with Gasteiger partial charge in [-0.25, -0.2) is 0 Å². The summed E-state index contributed by atoms with van der Waals surface area (Å²) in [7, 11) is 0. The van der Waals surface area contributed by atoms with Crippen molar-refractivity contribution in [3.8, 4) is 0 Å². The van der Waals surface area contributed by atoms with Crippen LogP contribution in [0, 0.1) is 11.3 Å². The molecule has 0 aromatic heterocycles. The number of rotatable bonds is 5. The quantitative estimate of drug-likeness (QED) is 0.817. The van der Waals surface area contributed by atoms with E-state index in [4.69, 9.17) is 5.73 Å². The van der Waals surface area contributed by atoms with Crippen molar-refractivity contribution in [2.75, 3.05) is 0 Å². The molecule has 2 rings (SSSR count). The molecule has 0 unspecified atom stereocenters. The summed E-state index contributed by atoms with van der Waals surface area (Å²) in [4.78, 5) is 0. The van der Waals surface area contributed by atoms with Crippen LogP contribution in [0.3, 0.4) is 0 Å². The summed E-state index contributed by atoms with van der Waals surface area (Å²) in [6.45, 7) is 6.63. The molecule has 0 fully saturated rings. The van der Waals surface area contributed by atoms with Crippen molar-refractivity contribution in [2.45, 2.75) is 39.3 Å². The monoisotopic (exact) mass is 297 g/mol. The minimum Gasteiger partial charge on any atom is -0.372 e. The van der Waals surface area contributed by atoms with Gasteiger partial charge in [0, 0.05) is 0 Å². The predicted molar refractivity (Wildman–Crippen MR) is 92.2 cm³/mol. The van der Waals surface area contributed by atoms with E-state index in [9.17, 15) is 5.11 Å². The first-order valence-corrected chi connectivity index (χ1v) is 7.90. The Balaban J connectivity index is 2.20. The molecule has 0 radical (unpaired) electrons. The van der Waals surface area contributed by atoms with Gasteiger partial charge in [0.1, 0.15) is 5.72 Å². The maximum absolute atomic E-state index is 10.8. The predicted octanol–water partition coefficient (Wildman–Crippen LogP) is 4.09. The van der Waals surface area contributed by atoms with Crippen LogP contribution in [0.2, 0.25) is 0 Å². The summed E-state index contributed by atoms with van der Waals surface area (Å²) < 4.78 is 0. The van der Waals surface area contributed by atoms with Crippen molar-refractivity contribution in [2.24, 2.45) is 17.1 Å². The summed E-state index contributed by atoms with van der Waals surface area (Å²) >= 11 is 0. The van der Waals surface area contributed by atoms with Crippen LogP contribution in [0.5, 0.6) is 0 Å². The molecule has 2 nitrogen and oxygen atoms in total. The minimum absolute atomic E-state index is 0.0674. The van der Waals surface area contributed by atoms with Crippen molar-refractivity contribution in [3.63, 3.8) is 0 Å². The molecule has 0 heterocycles. The number of nitrogens with two attached hydrogens (primary N) is 1. The zero-order valence-corrected chi connectivity index (χ0v) is 13.8. The molecule has 0 spiro atoms. The van der Waals surface area contributed by atoms with Crippen LogP contribution < -0.4 is 5.73 Å². The Kier molecular flexibility index (Phi) is 5.05. The van der Waals surface area contributed by atoms with E-state index >= 15 is 0 Å². The molecule has 2 aromatic rings. The summed E-state index contributed by atoms with van der Waals surface area (Å²) in [5.41, 5.74) is 7.07. The van der Waals surface area contributed by atoms with Gasteiger partial charge in [0.2, 0.25) is 0 Å². The lowest BCUT2D eigenvalue weighted by molar-refractivity contribution is -0.00246. The highest BCUT2D eigenvalue weighted by Gasteiger charge is 2.34. The van der Waals surface area contributed by atoms with Gasteiger partial charge in [-0.1, -0.05) is 81.4 Å². The summed E-state index contributed by atoms with van der Waals surface area (Å²) in [5.74, 6) is 0.283. The van der Waals surface area contributed by atoms with Gasteiger partial charge < -0.3 is 5.11 Å². The van der Waals surface area contributed by atoms with Gasteiger partial charge in [0.05, 0.1) is 0 Å². The van der Waals surface area contributed by atoms with Gasteiger partial charge in [-0.05, 0) is 35.3 Å². The fourth-order valence-corrected chi connectivity index (χ4v) is 2.80. The molecule has 0 aliphatic carbocycles. The maximum Gasteiger partial charge on any atom is 0.139 e. The van der Waals surface area contributed by atoms with Crippen molar-refractivity contribution < 1.29 is 5.11 Å². The largest absolute Gasteiger partial charge is 0.372 e. The second kappa shape index (κ2) is 6.64. The van der Waals surface area contributed by atoms with E-state index in [2.05, 4.69) is 45.0 Å². The van der Waals surface area contributed by atoms with Gasteiger partial charge in [0.25, 0.3) is 0 Å². The van der Waals surface area contributed by atoms with Gasteiger partial charge in [-0.3, -0.25) is 5.73 Å². The van der Waals surface area contributed by atoms with Crippen LogP contribution >= 0.6 is 0 Å². The Hall–Kier alpha value is -1.64. The zero-order valence-electron chi connectivity index (χ0n) is 13.8. The lowest BCUT2D eigenvalue weighted by Gasteiger charge is -2.36. The van der Waals surface area contributed by atoms with Crippen LogP contribution in [0.15, 0.2) is 60.7 Å². The van der Waals surface area contributed by atoms with E-state index in [-0.39, 0.29) is 11.3 Å². The summed E-state index contributed by atoms with van der Waals surface area (Å²) in [6.07, 6.45) is 1.45. The fraction of sp³-hybridized carbons (Fsp3) is 0.400. The highest BCUT2D eigenvalue weighted by atomic mass is 16.3. The molecular weight excluding hydrogens is 270 g/mol. The van der Waals surface area contributed by atoms with Gasteiger partial charge in [-0.15, -0.1) is 0 Å². The Labute approximate surface area is 134 Å². The first-order chi connectivity index (χ1) is 10.3. The topological polar surface area (TPSA) is 46.2 Å². The molecule has 2 atom stereocenters. The molecular formula is C20H27NO. The Morgan fingerprint density at radius 3 is 1.91 bits per heavy atom. The third-order valence-electron chi connectivity index (χ3n) is 4.38.